The summed E-state index contributed by atoms with van der Waals surface area (Å²) in [7, 11) is 0. The largest absolute Gasteiger partial charge is 0.395 e. The first-order valence-corrected chi connectivity index (χ1v) is 6.61. The average molecular weight is 246 g/mol. The molecular weight excluding hydrogens is 220 g/mol. The van der Waals surface area contributed by atoms with Gasteiger partial charge in [0, 0.05) is 26.2 Å². The molecule has 5 nitrogen and oxygen atoms in total. The zero-order chi connectivity index (χ0) is 12.3. The molecule has 1 saturated heterocycles. The van der Waals surface area contributed by atoms with E-state index in [2.05, 4.69) is 9.80 Å². The SMILES string of the molecule is OCCOCCN(CCO)CCN1CCCC1. The second-order valence-corrected chi connectivity index (χ2v) is 4.45. The van der Waals surface area contributed by atoms with E-state index in [4.69, 9.17) is 14.9 Å². The van der Waals surface area contributed by atoms with Gasteiger partial charge in [-0.1, -0.05) is 0 Å². The van der Waals surface area contributed by atoms with E-state index in [1.807, 2.05) is 0 Å². The topological polar surface area (TPSA) is 56.2 Å². The smallest absolute Gasteiger partial charge is 0.0698 e. The van der Waals surface area contributed by atoms with Crippen LogP contribution < -0.4 is 0 Å². The van der Waals surface area contributed by atoms with E-state index >= 15 is 0 Å². The Balaban J connectivity index is 2.08. The first kappa shape index (κ1) is 14.9. The van der Waals surface area contributed by atoms with Crippen molar-refractivity contribution in [2.45, 2.75) is 12.8 Å². The highest BCUT2D eigenvalue weighted by Gasteiger charge is 2.12. The third kappa shape index (κ3) is 6.95. The molecule has 1 rings (SSSR count). The molecule has 0 saturated carbocycles. The van der Waals surface area contributed by atoms with Crippen LogP contribution in [0.15, 0.2) is 0 Å². The van der Waals surface area contributed by atoms with Crippen molar-refractivity contribution < 1.29 is 14.9 Å². The van der Waals surface area contributed by atoms with E-state index < -0.39 is 0 Å². The molecule has 17 heavy (non-hydrogen) atoms. The molecule has 0 aromatic rings. The summed E-state index contributed by atoms with van der Waals surface area (Å²) in [5.74, 6) is 0. The van der Waals surface area contributed by atoms with Crippen molar-refractivity contribution in [3.8, 4) is 0 Å². The molecule has 5 heteroatoms. The predicted octanol–water partition coefficient (Wildman–Crippen LogP) is -0.615. The lowest BCUT2D eigenvalue weighted by molar-refractivity contribution is 0.0672. The average Bonchev–Trinajstić information content (AvgIpc) is 2.84. The molecule has 0 unspecified atom stereocenters. The summed E-state index contributed by atoms with van der Waals surface area (Å²) in [6, 6.07) is 0. The lowest BCUT2D eigenvalue weighted by atomic mass is 10.4. The minimum absolute atomic E-state index is 0.0772. The molecule has 1 aliphatic heterocycles. The summed E-state index contributed by atoms with van der Waals surface area (Å²) in [5.41, 5.74) is 0. The number of aliphatic hydroxyl groups is 2. The number of aliphatic hydroxyl groups excluding tert-OH is 2. The van der Waals surface area contributed by atoms with Crippen LogP contribution in [0.25, 0.3) is 0 Å². The van der Waals surface area contributed by atoms with Gasteiger partial charge >= 0.3 is 0 Å². The zero-order valence-corrected chi connectivity index (χ0v) is 10.7. The van der Waals surface area contributed by atoms with Crippen LogP contribution in [0.4, 0.5) is 0 Å². The second kappa shape index (κ2) is 9.79. The highest BCUT2D eigenvalue weighted by Crippen LogP contribution is 2.06. The van der Waals surface area contributed by atoms with E-state index in [1.54, 1.807) is 0 Å². The molecule has 0 aromatic carbocycles. The van der Waals surface area contributed by atoms with Crippen LogP contribution in [0, 0.1) is 0 Å². The van der Waals surface area contributed by atoms with Crippen LogP contribution in [0.1, 0.15) is 12.8 Å². The highest BCUT2D eigenvalue weighted by molar-refractivity contribution is 4.68. The van der Waals surface area contributed by atoms with Crippen LogP contribution >= 0.6 is 0 Å². The van der Waals surface area contributed by atoms with Crippen molar-refractivity contribution in [3.63, 3.8) is 0 Å². The van der Waals surface area contributed by atoms with Gasteiger partial charge < -0.3 is 19.8 Å². The van der Waals surface area contributed by atoms with Crippen LogP contribution in [-0.2, 0) is 4.74 Å². The lowest BCUT2D eigenvalue weighted by Crippen LogP contribution is -2.37. The van der Waals surface area contributed by atoms with Gasteiger partial charge in [-0.15, -0.1) is 0 Å². The van der Waals surface area contributed by atoms with Crippen LogP contribution in [-0.4, -0.2) is 85.7 Å². The molecule has 0 aliphatic carbocycles. The lowest BCUT2D eigenvalue weighted by Gasteiger charge is -2.24. The van der Waals surface area contributed by atoms with E-state index in [-0.39, 0.29) is 13.2 Å². The van der Waals surface area contributed by atoms with Gasteiger partial charge in [0.1, 0.15) is 0 Å². The van der Waals surface area contributed by atoms with Crippen molar-refractivity contribution in [2.75, 3.05) is 65.7 Å². The third-order valence-electron chi connectivity index (χ3n) is 3.13. The molecule has 2 N–H and O–H groups in total. The van der Waals surface area contributed by atoms with Gasteiger partial charge in [-0.2, -0.15) is 0 Å². The third-order valence-corrected chi connectivity index (χ3v) is 3.13. The van der Waals surface area contributed by atoms with Gasteiger partial charge in [-0.05, 0) is 25.9 Å². The molecule has 0 amide bonds. The van der Waals surface area contributed by atoms with Crippen LogP contribution in [0.5, 0.6) is 0 Å². The van der Waals surface area contributed by atoms with Crippen molar-refractivity contribution >= 4 is 0 Å². The van der Waals surface area contributed by atoms with Crippen molar-refractivity contribution in [1.29, 1.82) is 0 Å². The highest BCUT2D eigenvalue weighted by atomic mass is 16.5. The van der Waals surface area contributed by atoms with Gasteiger partial charge in [-0.3, -0.25) is 4.90 Å². The van der Waals surface area contributed by atoms with Crippen LogP contribution in [0.2, 0.25) is 0 Å². The maximum Gasteiger partial charge on any atom is 0.0698 e. The fourth-order valence-electron chi connectivity index (χ4n) is 2.13. The fraction of sp³-hybridized carbons (Fsp3) is 1.00. The minimum Gasteiger partial charge on any atom is -0.395 e. The molecule has 1 aliphatic rings. The zero-order valence-electron chi connectivity index (χ0n) is 10.7. The Labute approximate surface area is 104 Å². The fourth-order valence-corrected chi connectivity index (χ4v) is 2.13. The summed E-state index contributed by atoms with van der Waals surface area (Å²) < 4.78 is 5.24. The van der Waals surface area contributed by atoms with E-state index in [0.29, 0.717) is 19.8 Å². The van der Waals surface area contributed by atoms with E-state index in [1.165, 1.54) is 25.9 Å². The number of rotatable bonds is 10. The Bertz CT molecular complexity index is 175. The summed E-state index contributed by atoms with van der Waals surface area (Å²) >= 11 is 0. The maximum absolute atomic E-state index is 9.00. The number of hydrogen-bond acceptors (Lipinski definition) is 5. The van der Waals surface area contributed by atoms with Crippen LogP contribution in [0.3, 0.4) is 0 Å². The molecule has 0 spiro atoms. The molecular formula is C12H26N2O3. The summed E-state index contributed by atoms with van der Waals surface area (Å²) in [6.07, 6.45) is 2.64. The molecule has 0 atom stereocenters. The predicted molar refractivity (Wildman–Crippen MR) is 67.1 cm³/mol. The Morgan fingerprint density at radius 1 is 0.941 bits per heavy atom. The number of ether oxygens (including phenoxy) is 1. The Morgan fingerprint density at radius 2 is 1.71 bits per heavy atom. The summed E-state index contributed by atoms with van der Waals surface area (Å²) in [6.45, 7) is 7.34. The van der Waals surface area contributed by atoms with Gasteiger partial charge in [0.2, 0.25) is 0 Å². The first-order chi connectivity index (χ1) is 8.36. The molecule has 1 heterocycles. The van der Waals surface area contributed by atoms with Gasteiger partial charge in [0.25, 0.3) is 0 Å². The number of hydrogen-bond donors (Lipinski definition) is 2. The summed E-state index contributed by atoms with van der Waals surface area (Å²) in [4.78, 5) is 4.69. The second-order valence-electron chi connectivity index (χ2n) is 4.45. The molecule has 0 radical (unpaired) electrons. The molecule has 0 bridgehead atoms. The van der Waals surface area contributed by atoms with E-state index in [9.17, 15) is 0 Å². The normalized spacial score (nSPS) is 17.1. The monoisotopic (exact) mass is 246 g/mol. The van der Waals surface area contributed by atoms with Gasteiger partial charge in [0.15, 0.2) is 0 Å². The molecule has 102 valence electrons. The van der Waals surface area contributed by atoms with Gasteiger partial charge in [-0.25, -0.2) is 0 Å². The quantitative estimate of drug-likeness (QED) is 0.503. The standard InChI is InChI=1S/C12H26N2O3/c15-9-7-14(8-11-17-12-10-16)6-5-13-3-1-2-4-13/h15-16H,1-12H2. The maximum atomic E-state index is 9.00. The van der Waals surface area contributed by atoms with Crippen molar-refractivity contribution in [2.24, 2.45) is 0 Å². The number of nitrogens with zero attached hydrogens (tertiary/aromatic N) is 2. The molecule has 1 fully saturated rings. The van der Waals surface area contributed by atoms with Crippen molar-refractivity contribution in [3.05, 3.63) is 0 Å². The first-order valence-electron chi connectivity index (χ1n) is 6.61. The Morgan fingerprint density at radius 3 is 2.35 bits per heavy atom. The van der Waals surface area contributed by atoms with E-state index in [0.717, 1.165) is 19.6 Å². The minimum atomic E-state index is 0.0772. The van der Waals surface area contributed by atoms with Crippen molar-refractivity contribution in [1.82, 2.24) is 9.80 Å². The summed E-state index contributed by atoms with van der Waals surface area (Å²) in [5, 5.41) is 17.6. The number of likely N-dealkylation sites (tertiary alicyclic amines) is 1. The Hall–Kier alpha value is -0.200. The Kier molecular flexibility index (Phi) is 8.56. The van der Waals surface area contributed by atoms with Gasteiger partial charge in [0.05, 0.1) is 26.4 Å². The molecule has 0 aromatic heterocycles.